The quantitative estimate of drug-likeness (QED) is 0.603. The van der Waals surface area contributed by atoms with E-state index in [9.17, 15) is 4.39 Å². The van der Waals surface area contributed by atoms with Gasteiger partial charge in [0.2, 0.25) is 0 Å². The summed E-state index contributed by atoms with van der Waals surface area (Å²) in [5.74, 6) is 5.32. The van der Waals surface area contributed by atoms with Crippen LogP contribution in [0.25, 0.3) is 0 Å². The fourth-order valence-electron chi connectivity index (χ4n) is 1.78. The maximum absolute atomic E-state index is 13.9. The summed E-state index contributed by atoms with van der Waals surface area (Å²) in [6.07, 6.45) is 0. The third-order valence-corrected chi connectivity index (χ3v) is 5.01. The van der Waals surface area contributed by atoms with Crippen molar-refractivity contribution in [2.24, 2.45) is 5.84 Å². The first kappa shape index (κ1) is 14.1. The van der Waals surface area contributed by atoms with Crippen LogP contribution in [0.3, 0.4) is 0 Å². The molecule has 0 aliphatic heterocycles. The molecule has 0 bridgehead atoms. The van der Waals surface area contributed by atoms with Gasteiger partial charge in [-0.3, -0.25) is 5.84 Å². The summed E-state index contributed by atoms with van der Waals surface area (Å²) < 4.78 is 15.8. The number of halogens is 3. The van der Waals surface area contributed by atoms with Crippen molar-refractivity contribution in [3.63, 3.8) is 0 Å². The minimum atomic E-state index is -0.373. The van der Waals surface area contributed by atoms with Crippen LogP contribution in [-0.2, 0) is 0 Å². The van der Waals surface area contributed by atoms with Crippen LogP contribution in [-0.4, -0.2) is 0 Å². The average molecular weight is 394 g/mol. The summed E-state index contributed by atoms with van der Waals surface area (Å²) in [5.41, 5.74) is 5.13. The number of nitrogens with two attached hydrogens (primary N) is 1. The third kappa shape index (κ3) is 2.83. The second-order valence-corrected chi connectivity index (χ2v) is 7.65. The molecule has 2 aromatic rings. The van der Waals surface area contributed by atoms with Gasteiger partial charge in [0.25, 0.3) is 0 Å². The lowest BCUT2D eigenvalue weighted by atomic mass is 9.99. The highest BCUT2D eigenvalue weighted by Gasteiger charge is 2.21. The highest BCUT2D eigenvalue weighted by Crippen LogP contribution is 2.38. The molecule has 0 spiro atoms. The number of nitrogens with one attached hydrogen (secondary N) is 1. The van der Waals surface area contributed by atoms with E-state index in [0.29, 0.717) is 5.56 Å². The van der Waals surface area contributed by atoms with Gasteiger partial charge in [0.05, 0.1) is 13.6 Å². The lowest BCUT2D eigenvalue weighted by Crippen LogP contribution is -2.29. The van der Waals surface area contributed by atoms with Crippen molar-refractivity contribution in [1.82, 2.24) is 5.43 Å². The number of hydrazine groups is 1. The summed E-state index contributed by atoms with van der Waals surface area (Å²) in [6, 6.07) is 6.57. The molecule has 0 saturated heterocycles. The molecule has 2 rings (SSSR count). The van der Waals surface area contributed by atoms with Gasteiger partial charge in [0, 0.05) is 11.1 Å². The summed E-state index contributed by atoms with van der Waals surface area (Å²) in [5, 5.41) is 0. The Balaban J connectivity index is 2.51. The molecule has 3 N–H and O–H groups in total. The molecule has 0 fully saturated rings. The number of benzene rings is 1. The molecule has 0 aliphatic rings. The predicted octanol–water partition coefficient (Wildman–Crippen LogP) is 4.27. The van der Waals surface area contributed by atoms with Crippen molar-refractivity contribution < 1.29 is 4.39 Å². The minimum absolute atomic E-state index is 0.266. The fourth-order valence-corrected chi connectivity index (χ4v) is 4.68. The van der Waals surface area contributed by atoms with Gasteiger partial charge in [-0.25, -0.2) is 9.82 Å². The number of thiophene rings is 1. The minimum Gasteiger partial charge on any atom is -0.271 e. The molecule has 0 aliphatic carbocycles. The van der Waals surface area contributed by atoms with Gasteiger partial charge in [-0.1, -0.05) is 17.7 Å². The molecule has 0 radical (unpaired) electrons. The van der Waals surface area contributed by atoms with E-state index in [-0.39, 0.29) is 11.9 Å². The number of aryl methyl sites for hydroxylation is 1. The van der Waals surface area contributed by atoms with E-state index in [0.717, 1.165) is 18.7 Å². The topological polar surface area (TPSA) is 38.0 Å². The van der Waals surface area contributed by atoms with Crippen LogP contribution in [0.2, 0.25) is 0 Å². The molecule has 1 atom stereocenters. The summed E-state index contributed by atoms with van der Waals surface area (Å²) in [7, 11) is 0. The molecule has 6 heteroatoms. The van der Waals surface area contributed by atoms with Crippen molar-refractivity contribution in [2.45, 2.75) is 13.0 Å². The van der Waals surface area contributed by atoms with Crippen LogP contribution in [0.1, 0.15) is 22.7 Å². The maximum Gasteiger partial charge on any atom is 0.128 e. The molecule has 0 amide bonds. The smallest absolute Gasteiger partial charge is 0.128 e. The summed E-state index contributed by atoms with van der Waals surface area (Å²) in [4.78, 5) is 0. The van der Waals surface area contributed by atoms with E-state index < -0.39 is 0 Å². The zero-order valence-electron chi connectivity index (χ0n) is 9.51. The summed E-state index contributed by atoms with van der Waals surface area (Å²) in [6.45, 7) is 1.93. The van der Waals surface area contributed by atoms with Gasteiger partial charge in [-0.2, -0.15) is 0 Å². The normalized spacial score (nSPS) is 12.7. The van der Waals surface area contributed by atoms with Crippen molar-refractivity contribution in [3.05, 3.63) is 54.3 Å². The fraction of sp³-hybridized carbons (Fsp3) is 0.167. The second kappa shape index (κ2) is 5.79. The molecular weight excluding hydrogens is 383 g/mol. The Kier molecular flexibility index (Phi) is 4.55. The largest absolute Gasteiger partial charge is 0.271 e. The van der Waals surface area contributed by atoms with Crippen LogP contribution in [0.15, 0.2) is 31.8 Å². The van der Waals surface area contributed by atoms with E-state index in [4.69, 9.17) is 5.84 Å². The van der Waals surface area contributed by atoms with Crippen LogP contribution in [0.4, 0.5) is 4.39 Å². The molecule has 1 unspecified atom stereocenters. The number of hydrogen-bond acceptors (Lipinski definition) is 3. The highest BCUT2D eigenvalue weighted by atomic mass is 79.9. The van der Waals surface area contributed by atoms with Crippen molar-refractivity contribution in [2.75, 3.05) is 0 Å². The van der Waals surface area contributed by atoms with Gasteiger partial charge in [0.15, 0.2) is 0 Å². The molecule has 1 aromatic heterocycles. The van der Waals surface area contributed by atoms with Crippen LogP contribution >= 0.6 is 43.2 Å². The second-order valence-electron chi connectivity index (χ2n) is 3.90. The molecule has 1 aromatic carbocycles. The zero-order valence-corrected chi connectivity index (χ0v) is 13.5. The van der Waals surface area contributed by atoms with Gasteiger partial charge in [-0.05, 0) is 50.9 Å². The Hall–Kier alpha value is -0.270. The lowest BCUT2D eigenvalue weighted by Gasteiger charge is -2.17. The predicted molar refractivity (Wildman–Crippen MR) is 80.0 cm³/mol. The van der Waals surface area contributed by atoms with E-state index in [1.165, 1.54) is 17.4 Å². The van der Waals surface area contributed by atoms with E-state index in [1.807, 2.05) is 13.0 Å². The molecule has 96 valence electrons. The van der Waals surface area contributed by atoms with Crippen molar-refractivity contribution >= 4 is 43.2 Å². The number of rotatable bonds is 3. The first-order chi connectivity index (χ1) is 8.52. The molecule has 18 heavy (non-hydrogen) atoms. The van der Waals surface area contributed by atoms with Crippen LogP contribution in [0.5, 0.6) is 0 Å². The number of hydrogen-bond donors (Lipinski definition) is 2. The average Bonchev–Trinajstić information content (AvgIpc) is 2.64. The highest BCUT2D eigenvalue weighted by molar-refractivity contribution is 9.12. The van der Waals surface area contributed by atoms with Gasteiger partial charge in [0.1, 0.15) is 5.82 Å². The third-order valence-electron chi connectivity index (χ3n) is 2.62. The van der Waals surface area contributed by atoms with E-state index in [2.05, 4.69) is 37.3 Å². The maximum atomic E-state index is 13.9. The van der Waals surface area contributed by atoms with Gasteiger partial charge in [-0.15, -0.1) is 11.3 Å². The Morgan fingerprint density at radius 3 is 2.56 bits per heavy atom. The molecule has 2 nitrogen and oxygen atoms in total. The standard InChI is InChI=1S/C12H11Br2FN2S/c1-6-2-3-9(15)7(4-6)11(17-16)8-5-10(13)18-12(8)14/h2-5,11,17H,16H2,1H3. The molecule has 0 saturated carbocycles. The Bertz CT molecular complexity index is 571. The Morgan fingerprint density at radius 1 is 1.28 bits per heavy atom. The Labute approximate surface area is 126 Å². The van der Waals surface area contributed by atoms with Crippen LogP contribution in [0, 0.1) is 12.7 Å². The van der Waals surface area contributed by atoms with Gasteiger partial charge >= 0.3 is 0 Å². The van der Waals surface area contributed by atoms with Crippen LogP contribution < -0.4 is 11.3 Å². The van der Waals surface area contributed by atoms with E-state index in [1.54, 1.807) is 12.1 Å². The van der Waals surface area contributed by atoms with Gasteiger partial charge < -0.3 is 0 Å². The monoisotopic (exact) mass is 392 g/mol. The SMILES string of the molecule is Cc1ccc(F)c(C(NN)c2cc(Br)sc2Br)c1. The molecule has 1 heterocycles. The first-order valence-electron chi connectivity index (χ1n) is 5.20. The van der Waals surface area contributed by atoms with Crippen molar-refractivity contribution in [1.29, 1.82) is 0 Å². The summed E-state index contributed by atoms with van der Waals surface area (Å²) >= 11 is 8.41. The zero-order chi connectivity index (χ0) is 13.3. The van der Waals surface area contributed by atoms with Crippen molar-refractivity contribution in [3.8, 4) is 0 Å². The first-order valence-corrected chi connectivity index (χ1v) is 7.60. The Morgan fingerprint density at radius 2 is 2.00 bits per heavy atom. The lowest BCUT2D eigenvalue weighted by molar-refractivity contribution is 0.559. The van der Waals surface area contributed by atoms with E-state index >= 15 is 0 Å². The molecular formula is C12H11Br2FN2S.